The summed E-state index contributed by atoms with van der Waals surface area (Å²) in [7, 11) is 0. The second kappa shape index (κ2) is 6.10. The normalized spacial score (nSPS) is 10.5. The van der Waals surface area contributed by atoms with Gasteiger partial charge < -0.3 is 15.6 Å². The number of nitrogens with zero attached hydrogens (tertiary/aromatic N) is 1. The Bertz CT molecular complexity index is 849. The van der Waals surface area contributed by atoms with E-state index in [1.165, 1.54) is 11.3 Å². The molecule has 0 aliphatic heterocycles. The van der Waals surface area contributed by atoms with Crippen LogP contribution in [-0.4, -0.2) is 16.4 Å². The number of aromatic nitrogens is 1. The molecule has 0 saturated carbocycles. The lowest BCUT2D eigenvalue weighted by atomic mass is 10.2. The van der Waals surface area contributed by atoms with Crippen LogP contribution in [0.3, 0.4) is 0 Å². The van der Waals surface area contributed by atoms with Crippen LogP contribution in [-0.2, 0) is 0 Å². The van der Waals surface area contributed by atoms with Gasteiger partial charge in [0.2, 0.25) is 0 Å². The van der Waals surface area contributed by atoms with Crippen LogP contribution in [0.15, 0.2) is 54.9 Å². The number of nitrogens with two attached hydrogens (primary N) is 1. The first-order valence-electron chi connectivity index (χ1n) is 6.99. The summed E-state index contributed by atoms with van der Waals surface area (Å²) >= 11 is 1.33. The van der Waals surface area contributed by atoms with Gasteiger partial charge in [0.15, 0.2) is 0 Å². The zero-order valence-electron chi connectivity index (χ0n) is 12.4. The summed E-state index contributed by atoms with van der Waals surface area (Å²) in [5, 5.41) is 3.24. The van der Waals surface area contributed by atoms with E-state index >= 15 is 0 Å². The Morgan fingerprint density at radius 2 is 1.78 bits per heavy atom. The fraction of sp³-hybridized carbons (Fsp3) is 0.0588. The van der Waals surface area contributed by atoms with E-state index in [0.717, 1.165) is 10.6 Å². The quantitative estimate of drug-likeness (QED) is 0.773. The van der Waals surface area contributed by atoms with Gasteiger partial charge in [-0.1, -0.05) is 0 Å². The molecule has 0 unspecified atom stereocenters. The molecule has 116 valence electrons. The fourth-order valence-electron chi connectivity index (χ4n) is 2.26. The molecule has 0 spiro atoms. The molecule has 0 bridgehead atoms. The van der Waals surface area contributed by atoms with Crippen molar-refractivity contribution in [2.45, 2.75) is 6.92 Å². The molecule has 0 radical (unpaired) electrons. The van der Waals surface area contributed by atoms with Crippen molar-refractivity contribution in [1.82, 2.24) is 4.57 Å². The molecular weight excluding hydrogens is 310 g/mol. The number of nitrogens with one attached hydrogen (secondary N) is 1. The number of amides is 2. The first kappa shape index (κ1) is 15.1. The van der Waals surface area contributed by atoms with Crippen molar-refractivity contribution in [1.29, 1.82) is 0 Å². The molecule has 2 aromatic heterocycles. The van der Waals surface area contributed by atoms with Crippen LogP contribution < -0.4 is 11.1 Å². The number of hydrogen-bond donors (Lipinski definition) is 2. The maximum atomic E-state index is 12.3. The molecule has 3 aromatic rings. The number of hydrogen-bond acceptors (Lipinski definition) is 3. The minimum Gasteiger partial charge on any atom is -0.366 e. The molecule has 3 rings (SSSR count). The molecule has 0 saturated heterocycles. The molecule has 6 heteroatoms. The van der Waals surface area contributed by atoms with Gasteiger partial charge in [0, 0.05) is 28.5 Å². The van der Waals surface area contributed by atoms with Crippen LogP contribution in [0.2, 0.25) is 0 Å². The number of carbonyl (C=O) groups excluding carboxylic acids is 2. The second-order valence-electron chi connectivity index (χ2n) is 5.06. The smallest absolute Gasteiger partial charge is 0.256 e. The summed E-state index contributed by atoms with van der Waals surface area (Å²) in [6.45, 7) is 1.86. The summed E-state index contributed by atoms with van der Waals surface area (Å²) < 4.78 is 1.95. The van der Waals surface area contributed by atoms with E-state index < -0.39 is 5.91 Å². The highest BCUT2D eigenvalue weighted by atomic mass is 32.1. The Morgan fingerprint density at radius 3 is 2.39 bits per heavy atom. The van der Waals surface area contributed by atoms with E-state index in [0.29, 0.717) is 16.1 Å². The van der Waals surface area contributed by atoms with E-state index in [4.69, 9.17) is 5.73 Å². The van der Waals surface area contributed by atoms with Crippen LogP contribution in [0.5, 0.6) is 0 Å². The van der Waals surface area contributed by atoms with E-state index in [1.54, 1.807) is 18.2 Å². The Kier molecular flexibility index (Phi) is 3.99. The molecule has 0 aliphatic rings. The third-order valence-corrected chi connectivity index (χ3v) is 4.35. The lowest BCUT2D eigenvalue weighted by Crippen LogP contribution is -2.16. The largest absolute Gasteiger partial charge is 0.366 e. The van der Waals surface area contributed by atoms with Gasteiger partial charge in [-0.05, 0) is 49.4 Å². The molecule has 0 aliphatic carbocycles. The maximum Gasteiger partial charge on any atom is 0.256 e. The predicted octanol–water partition coefficient (Wildman–Crippen LogP) is 3.20. The molecule has 0 atom stereocenters. The van der Waals surface area contributed by atoms with Gasteiger partial charge >= 0.3 is 0 Å². The predicted molar refractivity (Wildman–Crippen MR) is 91.3 cm³/mol. The fourth-order valence-corrected chi connectivity index (χ4v) is 3.17. The lowest BCUT2D eigenvalue weighted by molar-refractivity contribution is 0.100. The second-order valence-corrected chi connectivity index (χ2v) is 6.31. The molecule has 23 heavy (non-hydrogen) atoms. The van der Waals surface area contributed by atoms with Gasteiger partial charge in [0.1, 0.15) is 5.00 Å². The highest BCUT2D eigenvalue weighted by Crippen LogP contribution is 2.27. The van der Waals surface area contributed by atoms with Gasteiger partial charge in [-0.3, -0.25) is 9.59 Å². The summed E-state index contributed by atoms with van der Waals surface area (Å²) in [5.74, 6) is -0.819. The standard InChI is InChI=1S/C17H15N3O2S/c1-11-10-14(15(18)21)17(23-11)19-16(22)12-4-6-13(7-5-12)20-8-2-3-9-20/h2-10H,1H3,(H2,18,21)(H,19,22). The molecule has 2 amide bonds. The summed E-state index contributed by atoms with van der Waals surface area (Å²) in [6.07, 6.45) is 3.87. The Labute approximate surface area is 137 Å². The van der Waals surface area contributed by atoms with Crippen molar-refractivity contribution in [2.75, 3.05) is 5.32 Å². The Balaban J connectivity index is 1.80. The van der Waals surface area contributed by atoms with Crippen molar-refractivity contribution in [3.63, 3.8) is 0 Å². The van der Waals surface area contributed by atoms with Crippen molar-refractivity contribution >= 4 is 28.2 Å². The Morgan fingerprint density at radius 1 is 1.13 bits per heavy atom. The van der Waals surface area contributed by atoms with Gasteiger partial charge in [-0.2, -0.15) is 0 Å². The minimum absolute atomic E-state index is 0.270. The average molecular weight is 325 g/mol. The number of primary amides is 1. The number of thiophene rings is 1. The first-order valence-corrected chi connectivity index (χ1v) is 7.81. The van der Waals surface area contributed by atoms with Crippen LogP contribution >= 0.6 is 11.3 Å². The van der Waals surface area contributed by atoms with Gasteiger partial charge in [-0.15, -0.1) is 11.3 Å². The molecule has 1 aromatic carbocycles. The van der Waals surface area contributed by atoms with Crippen LogP contribution in [0.4, 0.5) is 5.00 Å². The van der Waals surface area contributed by atoms with Crippen molar-refractivity contribution in [3.05, 3.63) is 70.9 Å². The van der Waals surface area contributed by atoms with Gasteiger partial charge in [0.05, 0.1) is 5.56 Å². The first-order chi connectivity index (χ1) is 11.0. The average Bonchev–Trinajstić information content (AvgIpc) is 3.17. The molecule has 2 heterocycles. The summed E-state index contributed by atoms with van der Waals surface area (Å²) in [5.41, 5.74) is 7.15. The van der Waals surface area contributed by atoms with Crippen molar-refractivity contribution < 1.29 is 9.59 Å². The number of anilines is 1. The number of aryl methyl sites for hydroxylation is 1. The van der Waals surface area contributed by atoms with Crippen LogP contribution in [0.25, 0.3) is 5.69 Å². The third-order valence-electron chi connectivity index (χ3n) is 3.38. The van der Waals surface area contributed by atoms with E-state index in [2.05, 4.69) is 5.32 Å². The monoisotopic (exact) mass is 325 g/mol. The van der Waals surface area contributed by atoms with Crippen LogP contribution in [0.1, 0.15) is 25.6 Å². The number of rotatable bonds is 4. The SMILES string of the molecule is Cc1cc(C(N)=O)c(NC(=O)c2ccc(-n3cccc3)cc2)s1. The van der Waals surface area contributed by atoms with Crippen molar-refractivity contribution in [3.8, 4) is 5.69 Å². The molecule has 0 fully saturated rings. The highest BCUT2D eigenvalue weighted by molar-refractivity contribution is 7.16. The zero-order valence-corrected chi connectivity index (χ0v) is 13.3. The van der Waals surface area contributed by atoms with E-state index in [-0.39, 0.29) is 5.91 Å². The van der Waals surface area contributed by atoms with Gasteiger partial charge in [-0.25, -0.2) is 0 Å². The Hall–Kier alpha value is -2.86. The number of carbonyl (C=O) groups is 2. The highest BCUT2D eigenvalue weighted by Gasteiger charge is 2.15. The zero-order chi connectivity index (χ0) is 16.4. The topological polar surface area (TPSA) is 77.1 Å². The van der Waals surface area contributed by atoms with E-state index in [9.17, 15) is 9.59 Å². The van der Waals surface area contributed by atoms with Crippen molar-refractivity contribution in [2.24, 2.45) is 5.73 Å². The minimum atomic E-state index is -0.549. The molecule has 3 N–H and O–H groups in total. The number of benzene rings is 1. The van der Waals surface area contributed by atoms with Gasteiger partial charge in [0.25, 0.3) is 11.8 Å². The van der Waals surface area contributed by atoms with Crippen LogP contribution in [0, 0.1) is 6.92 Å². The summed E-state index contributed by atoms with van der Waals surface area (Å²) in [4.78, 5) is 24.7. The molecule has 5 nitrogen and oxygen atoms in total. The maximum absolute atomic E-state index is 12.3. The van der Waals surface area contributed by atoms with E-state index in [1.807, 2.05) is 48.1 Å². The molecular formula is C17H15N3O2S. The third kappa shape index (κ3) is 3.17. The summed E-state index contributed by atoms with van der Waals surface area (Å²) in [6, 6.07) is 12.8. The lowest BCUT2D eigenvalue weighted by Gasteiger charge is -2.06.